The Balaban J connectivity index is 1.64. The Bertz CT molecular complexity index is 1290. The number of amides is 3. The number of nitrogens with one attached hydrogen (secondary N) is 1. The molecule has 0 radical (unpaired) electrons. The van der Waals surface area contributed by atoms with E-state index in [-0.39, 0.29) is 56.8 Å². The molecule has 4 aliphatic rings. The second-order valence-electron chi connectivity index (χ2n) is 11.2. The first kappa shape index (κ1) is 29.5. The molecular weight excluding hydrogens is 594 g/mol. The van der Waals surface area contributed by atoms with Crippen molar-refractivity contribution >= 4 is 45.3 Å². The van der Waals surface area contributed by atoms with Gasteiger partial charge in [0.05, 0.1) is 12.5 Å². The van der Waals surface area contributed by atoms with Gasteiger partial charge in [0.1, 0.15) is 29.8 Å². The minimum absolute atomic E-state index is 0.129. The van der Waals surface area contributed by atoms with E-state index in [1.54, 1.807) is 17.9 Å². The van der Waals surface area contributed by atoms with E-state index in [0.29, 0.717) is 10.9 Å². The number of aliphatic hydroxyl groups is 1. The lowest BCUT2D eigenvalue weighted by molar-refractivity contribution is -0.158. The summed E-state index contributed by atoms with van der Waals surface area (Å²) in [5.74, 6) is -3.46. The van der Waals surface area contributed by atoms with Gasteiger partial charge in [0.15, 0.2) is 0 Å². The van der Waals surface area contributed by atoms with E-state index in [2.05, 4.69) is 21.2 Å². The maximum absolute atomic E-state index is 14.8. The molecule has 1 spiro atoms. The smallest absolute Gasteiger partial charge is 0.313 e. The zero-order valence-electron chi connectivity index (χ0n) is 23.5. The van der Waals surface area contributed by atoms with Crippen LogP contribution in [0.5, 0.6) is 0 Å². The van der Waals surface area contributed by atoms with Crippen LogP contribution in [0, 0.1) is 25.7 Å². The van der Waals surface area contributed by atoms with Crippen molar-refractivity contribution in [1.29, 1.82) is 0 Å². The van der Waals surface area contributed by atoms with Gasteiger partial charge in [-0.25, -0.2) is 0 Å². The summed E-state index contributed by atoms with van der Waals surface area (Å²) in [4.78, 5) is 58.0. The molecule has 41 heavy (non-hydrogen) atoms. The Morgan fingerprint density at radius 3 is 2.56 bits per heavy atom. The molecule has 0 aromatic heterocycles. The highest BCUT2D eigenvalue weighted by Gasteiger charge is 2.74. The predicted octanol–water partition coefficient (Wildman–Crippen LogP) is 2.29. The minimum Gasteiger partial charge on any atom is -0.460 e. The average Bonchev–Trinajstić information content (AvgIpc) is 3.51. The number of cyclic esters (lactones) is 1. The fraction of sp³-hybridized carbons (Fsp3) is 0.533. The number of aliphatic hydroxyl groups excluding tert-OH is 1. The summed E-state index contributed by atoms with van der Waals surface area (Å²) in [6, 6.07) is 4.72. The van der Waals surface area contributed by atoms with Crippen molar-refractivity contribution in [3.05, 3.63) is 52.0 Å². The summed E-state index contributed by atoms with van der Waals surface area (Å²) in [5.41, 5.74) is 1.12. The first-order valence-electron chi connectivity index (χ1n) is 14.1. The number of ether oxygens (including phenoxy) is 2. The van der Waals surface area contributed by atoms with E-state index >= 15 is 0 Å². The molecule has 2 fully saturated rings. The van der Waals surface area contributed by atoms with Crippen LogP contribution in [0.4, 0.5) is 5.69 Å². The number of hydrogen-bond donors (Lipinski definition) is 2. The third-order valence-electron chi connectivity index (χ3n) is 8.36. The van der Waals surface area contributed by atoms with Crippen molar-refractivity contribution in [3.8, 4) is 0 Å². The highest BCUT2D eigenvalue weighted by molar-refractivity contribution is 9.11. The van der Waals surface area contributed by atoms with E-state index < -0.39 is 41.7 Å². The van der Waals surface area contributed by atoms with E-state index in [9.17, 15) is 24.3 Å². The number of hydrogen-bond acceptors (Lipinski definition) is 7. The molecule has 5 rings (SSSR count). The molecule has 0 unspecified atom stereocenters. The summed E-state index contributed by atoms with van der Waals surface area (Å²) < 4.78 is 12.8. The maximum atomic E-state index is 14.8. The van der Waals surface area contributed by atoms with Crippen LogP contribution in [-0.2, 0) is 28.7 Å². The maximum Gasteiger partial charge on any atom is 0.313 e. The Hall–Kier alpha value is -3.02. The van der Waals surface area contributed by atoms with Gasteiger partial charge in [0, 0.05) is 36.3 Å². The third-order valence-corrected chi connectivity index (χ3v) is 9.04. The first-order valence-corrected chi connectivity index (χ1v) is 14.9. The number of allylic oxidation sites excluding steroid dienone is 1. The molecule has 2 N–H and O–H groups in total. The van der Waals surface area contributed by atoms with Crippen LogP contribution >= 0.6 is 15.9 Å². The van der Waals surface area contributed by atoms with E-state index in [0.717, 1.165) is 16.8 Å². The molecule has 6 atom stereocenters. The average molecular weight is 631 g/mol. The minimum atomic E-state index is -1.39. The van der Waals surface area contributed by atoms with Gasteiger partial charge < -0.3 is 29.7 Å². The van der Waals surface area contributed by atoms with Crippen molar-refractivity contribution in [2.45, 2.75) is 63.9 Å². The molecule has 1 aromatic carbocycles. The van der Waals surface area contributed by atoms with Crippen molar-refractivity contribution in [2.75, 3.05) is 31.1 Å². The van der Waals surface area contributed by atoms with Crippen LogP contribution < -0.4 is 10.2 Å². The lowest BCUT2D eigenvalue weighted by Crippen LogP contribution is -2.56. The molecule has 5 bridgehead atoms. The third kappa shape index (κ3) is 5.12. The molecule has 0 aliphatic carbocycles. The van der Waals surface area contributed by atoms with Crippen LogP contribution in [0.25, 0.3) is 0 Å². The summed E-state index contributed by atoms with van der Waals surface area (Å²) in [5, 5.41) is 12.4. The Morgan fingerprint density at radius 1 is 1.12 bits per heavy atom. The molecular formula is C30H36BrN3O7. The topological polar surface area (TPSA) is 125 Å². The van der Waals surface area contributed by atoms with Gasteiger partial charge in [-0.05, 0) is 50.8 Å². The number of halogens is 1. The number of benzene rings is 1. The van der Waals surface area contributed by atoms with E-state index in [4.69, 9.17) is 9.47 Å². The SMILES string of the molecule is Cc1cccc(C)c1N1C/C=C\CCC(=O)NC[C@H](C)OC(=O)[C@H]2[C@@H]3O[C@@]4(C=C3Br)[C@@H]2C(=O)N(CCCO)[C@@H]4C1=O. The van der Waals surface area contributed by atoms with Gasteiger partial charge in [-0.3, -0.25) is 19.2 Å². The van der Waals surface area contributed by atoms with Crippen LogP contribution in [0.2, 0.25) is 0 Å². The Kier molecular flexibility index (Phi) is 8.41. The molecule has 0 saturated carbocycles. The molecule has 3 amide bonds. The second-order valence-corrected chi connectivity index (χ2v) is 12.1. The standard InChI is InChI=1S/C30H36BrN3O7/c1-17-9-7-10-18(2)24(17)33-12-6-4-5-11-21(36)32-16-19(3)40-29(39)22-23-27(37)34(13-8-14-35)26(28(33)38)30(23)15-20(31)25(22)41-30/h4,6-7,9-10,15,19,22-23,25-26,35H,5,8,11-14,16H2,1-3H3,(H,32,36)/b6-4-/t19-,22+,23-,25+,26+,30-/m0/s1. The molecule has 11 heteroatoms. The lowest BCUT2D eigenvalue weighted by atomic mass is 9.74. The fourth-order valence-electron chi connectivity index (χ4n) is 6.59. The molecule has 4 heterocycles. The molecule has 1 aromatic rings. The zero-order valence-corrected chi connectivity index (χ0v) is 25.1. The molecule has 2 saturated heterocycles. The predicted molar refractivity (Wildman–Crippen MR) is 154 cm³/mol. The largest absolute Gasteiger partial charge is 0.460 e. The normalized spacial score (nSPS) is 33.0. The summed E-state index contributed by atoms with van der Waals surface area (Å²) in [6.07, 6.45) is 5.06. The van der Waals surface area contributed by atoms with Crippen molar-refractivity contribution in [3.63, 3.8) is 0 Å². The highest BCUT2D eigenvalue weighted by Crippen LogP contribution is 2.59. The fourth-order valence-corrected chi connectivity index (χ4v) is 7.33. The van der Waals surface area contributed by atoms with Crippen LogP contribution in [-0.4, -0.2) is 83.8 Å². The highest BCUT2D eigenvalue weighted by atomic mass is 79.9. The molecule has 10 nitrogen and oxygen atoms in total. The quantitative estimate of drug-likeness (QED) is 0.387. The van der Waals surface area contributed by atoms with E-state index in [1.165, 1.54) is 4.90 Å². The van der Waals surface area contributed by atoms with E-state index in [1.807, 2.05) is 44.2 Å². The lowest BCUT2D eigenvalue weighted by Gasteiger charge is -2.36. The number of carbonyl (C=O) groups is 4. The number of likely N-dealkylation sites (tertiary alicyclic amines) is 1. The number of carbonyl (C=O) groups excluding carboxylic acids is 4. The number of rotatable bonds is 4. The Morgan fingerprint density at radius 2 is 1.85 bits per heavy atom. The van der Waals surface area contributed by atoms with Gasteiger partial charge in [-0.15, -0.1) is 0 Å². The second kappa shape index (κ2) is 11.7. The number of para-hydroxylation sites is 1. The number of fused-ring (bicyclic) bond motifs is 2. The summed E-state index contributed by atoms with van der Waals surface area (Å²) in [6.45, 7) is 5.85. The zero-order chi connectivity index (χ0) is 29.5. The monoisotopic (exact) mass is 629 g/mol. The Labute approximate surface area is 247 Å². The number of aryl methyl sites for hydroxylation is 2. The summed E-state index contributed by atoms with van der Waals surface area (Å²) in [7, 11) is 0. The van der Waals surface area contributed by atoms with Crippen molar-refractivity contribution in [2.24, 2.45) is 11.8 Å². The number of esters is 1. The molecule has 220 valence electrons. The number of anilines is 1. The van der Waals surface area contributed by atoms with Crippen molar-refractivity contribution in [1.82, 2.24) is 10.2 Å². The van der Waals surface area contributed by atoms with Crippen molar-refractivity contribution < 1.29 is 33.8 Å². The van der Waals surface area contributed by atoms with Crippen LogP contribution in [0.1, 0.15) is 37.3 Å². The first-order chi connectivity index (χ1) is 19.6. The van der Waals surface area contributed by atoms with Gasteiger partial charge in [-0.1, -0.05) is 46.3 Å². The number of nitrogens with zero attached hydrogens (tertiary/aromatic N) is 2. The van der Waals surface area contributed by atoms with Gasteiger partial charge in [0.2, 0.25) is 11.8 Å². The molecule has 4 aliphatic heterocycles. The van der Waals surface area contributed by atoms with Crippen LogP contribution in [0.3, 0.4) is 0 Å². The van der Waals surface area contributed by atoms with Gasteiger partial charge in [-0.2, -0.15) is 0 Å². The summed E-state index contributed by atoms with van der Waals surface area (Å²) >= 11 is 3.54. The van der Waals surface area contributed by atoms with Gasteiger partial charge in [0.25, 0.3) is 5.91 Å². The van der Waals surface area contributed by atoms with Crippen LogP contribution in [0.15, 0.2) is 40.9 Å². The van der Waals surface area contributed by atoms with Gasteiger partial charge >= 0.3 is 5.97 Å².